The summed E-state index contributed by atoms with van der Waals surface area (Å²) in [6.45, 7) is 0.483. The predicted molar refractivity (Wildman–Crippen MR) is 131 cm³/mol. The van der Waals surface area contributed by atoms with Crippen molar-refractivity contribution < 1.29 is 18.7 Å². The number of nitrogens with zero attached hydrogens (tertiary/aromatic N) is 1. The van der Waals surface area contributed by atoms with Gasteiger partial charge in [-0.3, -0.25) is 9.59 Å². The molecule has 172 valence electrons. The molecular weight excluding hydrogens is 499 g/mol. The third-order valence-electron chi connectivity index (χ3n) is 5.93. The minimum Gasteiger partial charge on any atom is -0.485 e. The lowest BCUT2D eigenvalue weighted by Gasteiger charge is -2.22. The fraction of sp³-hybridized carbons (Fsp3) is 0.185. The zero-order valence-corrected chi connectivity index (χ0v) is 19.8. The molecule has 0 unspecified atom stereocenters. The van der Waals surface area contributed by atoms with Crippen molar-refractivity contribution in [1.82, 2.24) is 9.88 Å². The van der Waals surface area contributed by atoms with E-state index < -0.39 is 17.5 Å². The average Bonchev–Trinajstić information content (AvgIpc) is 3.60. The first-order chi connectivity index (χ1) is 16.5. The maximum Gasteiger partial charge on any atom is 0.295 e. The van der Waals surface area contributed by atoms with E-state index in [9.17, 15) is 9.59 Å². The van der Waals surface area contributed by atoms with Crippen LogP contribution >= 0.6 is 15.9 Å². The molecular formula is C27H22BrFN2O3. The van der Waals surface area contributed by atoms with Gasteiger partial charge in [0.05, 0.1) is 16.5 Å². The quantitative estimate of drug-likeness (QED) is 0.228. The first-order valence-corrected chi connectivity index (χ1v) is 11.9. The molecule has 0 radical (unpaired) electrons. The van der Waals surface area contributed by atoms with Gasteiger partial charge in [0.15, 0.2) is 11.6 Å². The lowest BCUT2D eigenvalue weighted by molar-refractivity contribution is -0.127. The van der Waals surface area contributed by atoms with Crippen molar-refractivity contribution >= 4 is 38.5 Å². The number of nitrogens with one attached hydrogen (secondary N) is 1. The van der Waals surface area contributed by atoms with Crippen LogP contribution in [0.15, 0.2) is 77.4 Å². The summed E-state index contributed by atoms with van der Waals surface area (Å²) in [5.41, 5.74) is 2.42. The van der Waals surface area contributed by atoms with Gasteiger partial charge in [-0.15, -0.1) is 0 Å². The molecule has 1 heterocycles. The fourth-order valence-electron chi connectivity index (χ4n) is 4.04. The van der Waals surface area contributed by atoms with Gasteiger partial charge in [-0.1, -0.05) is 60.7 Å². The Morgan fingerprint density at radius 3 is 2.32 bits per heavy atom. The summed E-state index contributed by atoms with van der Waals surface area (Å²) in [5, 5.41) is 0.261. The van der Waals surface area contributed by atoms with Gasteiger partial charge in [-0.25, -0.2) is 4.39 Å². The van der Waals surface area contributed by atoms with Crippen molar-refractivity contribution in [1.29, 1.82) is 0 Å². The van der Waals surface area contributed by atoms with E-state index in [0.29, 0.717) is 16.5 Å². The molecule has 1 saturated carbocycles. The summed E-state index contributed by atoms with van der Waals surface area (Å²) in [6, 6.07) is 20.3. The van der Waals surface area contributed by atoms with Crippen LogP contribution in [-0.2, 0) is 17.9 Å². The number of aromatic nitrogens is 1. The number of ether oxygens (including phenoxy) is 1. The van der Waals surface area contributed by atoms with Crippen molar-refractivity contribution in [2.45, 2.75) is 32.0 Å². The fourth-order valence-corrected chi connectivity index (χ4v) is 4.56. The highest BCUT2D eigenvalue weighted by Gasteiger charge is 2.37. The average molecular weight is 521 g/mol. The Hall–Kier alpha value is -3.45. The summed E-state index contributed by atoms with van der Waals surface area (Å²) in [4.78, 5) is 31.4. The maximum absolute atomic E-state index is 15.0. The molecule has 0 atom stereocenters. The van der Waals surface area contributed by atoms with Crippen LogP contribution < -0.4 is 4.74 Å². The molecule has 4 aromatic rings. The van der Waals surface area contributed by atoms with Crippen molar-refractivity contribution in [2.75, 3.05) is 0 Å². The highest BCUT2D eigenvalue weighted by Crippen LogP contribution is 2.38. The van der Waals surface area contributed by atoms with E-state index in [0.717, 1.165) is 24.0 Å². The predicted octanol–water partition coefficient (Wildman–Crippen LogP) is 6.02. The largest absolute Gasteiger partial charge is 0.485 e. The number of amides is 1. The van der Waals surface area contributed by atoms with Crippen molar-refractivity contribution in [3.05, 3.63) is 99.9 Å². The minimum atomic E-state index is -0.684. The van der Waals surface area contributed by atoms with Gasteiger partial charge < -0.3 is 14.6 Å². The van der Waals surface area contributed by atoms with Gasteiger partial charge in [0.25, 0.3) is 11.7 Å². The lowest BCUT2D eigenvalue weighted by Crippen LogP contribution is -2.37. The lowest BCUT2D eigenvalue weighted by atomic mass is 10.1. The van der Waals surface area contributed by atoms with Gasteiger partial charge in [-0.2, -0.15) is 0 Å². The van der Waals surface area contributed by atoms with E-state index >= 15 is 4.39 Å². The molecule has 5 nitrogen and oxygen atoms in total. The van der Waals surface area contributed by atoms with Gasteiger partial charge >= 0.3 is 0 Å². The molecule has 7 heteroatoms. The normalized spacial score (nSPS) is 13.1. The molecule has 1 aromatic heterocycles. The molecule has 5 rings (SSSR count). The number of hydrogen-bond donors (Lipinski definition) is 1. The molecule has 1 aliphatic carbocycles. The van der Waals surface area contributed by atoms with Crippen LogP contribution in [0.25, 0.3) is 10.9 Å². The van der Waals surface area contributed by atoms with Crippen LogP contribution in [0.1, 0.15) is 34.3 Å². The van der Waals surface area contributed by atoms with E-state index in [2.05, 4.69) is 20.9 Å². The van der Waals surface area contributed by atoms with Crippen LogP contribution in [0.4, 0.5) is 4.39 Å². The van der Waals surface area contributed by atoms with Gasteiger partial charge in [0.1, 0.15) is 6.61 Å². The summed E-state index contributed by atoms with van der Waals surface area (Å²) < 4.78 is 21.3. The number of carbonyl (C=O) groups is 2. The highest BCUT2D eigenvalue weighted by atomic mass is 79.9. The number of halogens is 2. The molecule has 0 saturated heterocycles. The van der Waals surface area contributed by atoms with Gasteiger partial charge in [-0.05, 0) is 46.0 Å². The van der Waals surface area contributed by atoms with E-state index in [-0.39, 0.29) is 29.3 Å². The standard InChI is InChI=1S/C27H22BrFN2O3/c28-21-13-22(29)26(34-16-18-9-5-2-6-10-18)23-20(14-30-24(21)23)25(32)27(33)31(19-11-12-19)15-17-7-3-1-4-8-17/h1-10,13-14,19,30H,11-12,15-16H2. The molecule has 3 aromatic carbocycles. The summed E-state index contributed by atoms with van der Waals surface area (Å²) in [6.07, 6.45) is 3.19. The zero-order chi connectivity index (χ0) is 23.7. The Bertz CT molecular complexity index is 1350. The second kappa shape index (κ2) is 9.43. The molecule has 1 fully saturated rings. The Kier molecular flexibility index (Phi) is 6.20. The molecule has 1 N–H and O–H groups in total. The summed E-state index contributed by atoms with van der Waals surface area (Å²) in [5.74, 6) is -1.95. The van der Waals surface area contributed by atoms with Gasteiger partial charge in [0.2, 0.25) is 0 Å². The number of aromatic amines is 1. The van der Waals surface area contributed by atoms with Crippen LogP contribution in [0.5, 0.6) is 5.75 Å². The third-order valence-corrected chi connectivity index (χ3v) is 6.55. The zero-order valence-electron chi connectivity index (χ0n) is 18.3. The van der Waals surface area contributed by atoms with Crippen molar-refractivity contribution in [3.8, 4) is 5.75 Å². The molecule has 1 aliphatic rings. The van der Waals surface area contributed by atoms with Crippen LogP contribution in [0.2, 0.25) is 0 Å². The maximum atomic E-state index is 15.0. The molecule has 34 heavy (non-hydrogen) atoms. The minimum absolute atomic E-state index is 0.0409. The van der Waals surface area contributed by atoms with E-state index in [1.165, 1.54) is 12.3 Å². The van der Waals surface area contributed by atoms with Crippen LogP contribution in [-0.4, -0.2) is 27.6 Å². The number of ketones is 1. The Morgan fingerprint density at radius 1 is 1.03 bits per heavy atom. The van der Waals surface area contributed by atoms with E-state index in [4.69, 9.17) is 4.74 Å². The smallest absolute Gasteiger partial charge is 0.295 e. The number of fused-ring (bicyclic) bond motifs is 1. The Balaban J connectivity index is 1.48. The van der Waals surface area contributed by atoms with E-state index in [1.807, 2.05) is 60.7 Å². The van der Waals surface area contributed by atoms with Crippen LogP contribution in [0, 0.1) is 5.82 Å². The number of benzene rings is 3. The number of hydrogen-bond acceptors (Lipinski definition) is 3. The molecule has 1 amide bonds. The number of Topliss-reactive ketones (excluding diaryl/α,β-unsaturated/α-hetero) is 1. The number of carbonyl (C=O) groups excluding carboxylic acids is 2. The first kappa shape index (κ1) is 22.3. The SMILES string of the molecule is O=C(C(=O)N(Cc1ccccc1)C1CC1)c1c[nH]c2c(Br)cc(F)c(OCc3ccccc3)c12. The number of H-pyrrole nitrogens is 1. The summed E-state index contributed by atoms with van der Waals surface area (Å²) >= 11 is 3.35. The van der Waals surface area contributed by atoms with E-state index in [1.54, 1.807) is 4.90 Å². The van der Waals surface area contributed by atoms with Crippen molar-refractivity contribution in [3.63, 3.8) is 0 Å². The van der Waals surface area contributed by atoms with Gasteiger partial charge in [0, 0.05) is 23.3 Å². The monoisotopic (exact) mass is 520 g/mol. The second-order valence-corrected chi connectivity index (χ2v) is 9.23. The summed E-state index contributed by atoms with van der Waals surface area (Å²) in [7, 11) is 0. The molecule has 0 spiro atoms. The van der Waals surface area contributed by atoms with Crippen LogP contribution in [0.3, 0.4) is 0 Å². The first-order valence-electron chi connectivity index (χ1n) is 11.1. The second-order valence-electron chi connectivity index (χ2n) is 8.37. The Morgan fingerprint density at radius 2 is 1.68 bits per heavy atom. The molecule has 0 bridgehead atoms. The highest BCUT2D eigenvalue weighted by molar-refractivity contribution is 9.10. The Labute approximate surface area is 204 Å². The third kappa shape index (κ3) is 4.48. The topological polar surface area (TPSA) is 62.4 Å². The molecule has 0 aliphatic heterocycles. The number of rotatable bonds is 8. The van der Waals surface area contributed by atoms with Crippen molar-refractivity contribution in [2.24, 2.45) is 0 Å².